The first-order valence-electron chi connectivity index (χ1n) is 7.49. The lowest BCUT2D eigenvalue weighted by Crippen LogP contribution is -2.01. The van der Waals surface area contributed by atoms with E-state index >= 15 is 0 Å². The first-order chi connectivity index (χ1) is 12.1. The molecule has 6 nitrogen and oxygen atoms in total. The van der Waals surface area contributed by atoms with Gasteiger partial charge in [0.1, 0.15) is 6.61 Å². The van der Waals surface area contributed by atoms with Crippen molar-refractivity contribution in [1.29, 1.82) is 0 Å². The Morgan fingerprint density at radius 2 is 2.04 bits per heavy atom. The Bertz CT molecular complexity index is 885. The molecule has 130 valence electrons. The van der Waals surface area contributed by atoms with Crippen molar-refractivity contribution in [2.45, 2.75) is 13.5 Å². The van der Waals surface area contributed by atoms with E-state index in [1.54, 1.807) is 12.1 Å². The topological polar surface area (TPSA) is 83.4 Å². The van der Waals surface area contributed by atoms with Crippen LogP contribution >= 0.6 is 27.5 Å². The molecule has 2 N–H and O–H groups in total. The highest BCUT2D eigenvalue weighted by Crippen LogP contribution is 2.40. The van der Waals surface area contributed by atoms with Gasteiger partial charge in [-0.3, -0.25) is 0 Å². The average molecular weight is 425 g/mol. The highest BCUT2D eigenvalue weighted by atomic mass is 79.9. The Morgan fingerprint density at radius 1 is 1.20 bits per heavy atom. The maximum absolute atomic E-state index is 6.39. The van der Waals surface area contributed by atoms with Crippen molar-refractivity contribution >= 4 is 33.5 Å². The Morgan fingerprint density at radius 3 is 2.72 bits per heavy atom. The second-order valence-corrected chi connectivity index (χ2v) is 6.41. The van der Waals surface area contributed by atoms with Crippen LogP contribution in [-0.2, 0) is 6.61 Å². The zero-order valence-electron chi connectivity index (χ0n) is 13.3. The fourth-order valence-corrected chi connectivity index (χ4v) is 2.94. The fourth-order valence-electron chi connectivity index (χ4n) is 2.23. The third kappa shape index (κ3) is 4.24. The molecule has 0 bridgehead atoms. The third-order valence-electron chi connectivity index (χ3n) is 3.27. The summed E-state index contributed by atoms with van der Waals surface area (Å²) < 4.78 is 17.8. The molecule has 0 radical (unpaired) electrons. The molecule has 0 saturated heterocycles. The van der Waals surface area contributed by atoms with Gasteiger partial charge in [0, 0.05) is 10.0 Å². The largest absolute Gasteiger partial charge is 0.490 e. The zero-order valence-corrected chi connectivity index (χ0v) is 15.7. The first-order valence-corrected chi connectivity index (χ1v) is 8.67. The van der Waals surface area contributed by atoms with E-state index in [0.717, 1.165) is 10.0 Å². The van der Waals surface area contributed by atoms with Gasteiger partial charge in [-0.15, -0.1) is 5.10 Å². The van der Waals surface area contributed by atoms with Gasteiger partial charge in [0.05, 0.1) is 11.6 Å². The van der Waals surface area contributed by atoms with Crippen LogP contribution in [0, 0.1) is 0 Å². The number of ether oxygens (including phenoxy) is 2. The number of halogens is 2. The van der Waals surface area contributed by atoms with Crippen LogP contribution in [-0.4, -0.2) is 16.8 Å². The number of anilines is 1. The Kier molecular flexibility index (Phi) is 5.45. The quantitative estimate of drug-likeness (QED) is 0.617. The first kappa shape index (κ1) is 17.6. The van der Waals surface area contributed by atoms with Crippen molar-refractivity contribution in [3.63, 3.8) is 0 Å². The van der Waals surface area contributed by atoms with E-state index in [4.69, 9.17) is 31.2 Å². The van der Waals surface area contributed by atoms with Crippen LogP contribution in [0.3, 0.4) is 0 Å². The summed E-state index contributed by atoms with van der Waals surface area (Å²) >= 11 is 9.83. The molecule has 0 atom stereocenters. The number of hydrogen-bond acceptors (Lipinski definition) is 6. The summed E-state index contributed by atoms with van der Waals surface area (Å²) in [5.74, 6) is 1.22. The number of nitrogen functional groups attached to an aromatic ring is 1. The molecule has 0 aliphatic carbocycles. The van der Waals surface area contributed by atoms with Crippen LogP contribution in [0.4, 0.5) is 6.01 Å². The van der Waals surface area contributed by atoms with Crippen LogP contribution in [0.2, 0.25) is 5.02 Å². The number of hydrogen-bond donors (Lipinski definition) is 1. The number of nitrogens with two attached hydrogens (primary N) is 1. The summed E-state index contributed by atoms with van der Waals surface area (Å²) in [5.41, 5.74) is 7.08. The molecule has 8 heteroatoms. The van der Waals surface area contributed by atoms with Crippen LogP contribution in [0.15, 0.2) is 45.3 Å². The van der Waals surface area contributed by atoms with Gasteiger partial charge in [-0.2, -0.15) is 0 Å². The van der Waals surface area contributed by atoms with Crippen LogP contribution < -0.4 is 15.2 Å². The minimum absolute atomic E-state index is 0.0148. The van der Waals surface area contributed by atoms with Gasteiger partial charge >= 0.3 is 6.01 Å². The molecule has 0 saturated carbocycles. The van der Waals surface area contributed by atoms with E-state index in [0.29, 0.717) is 35.3 Å². The normalized spacial score (nSPS) is 10.7. The minimum atomic E-state index is -0.0148. The second-order valence-electron chi connectivity index (χ2n) is 5.08. The monoisotopic (exact) mass is 423 g/mol. The smallest absolute Gasteiger partial charge is 0.313 e. The van der Waals surface area contributed by atoms with Crippen molar-refractivity contribution in [2.24, 2.45) is 0 Å². The zero-order chi connectivity index (χ0) is 17.8. The molecule has 1 heterocycles. The molecule has 1 aromatic heterocycles. The van der Waals surface area contributed by atoms with Crippen molar-refractivity contribution in [1.82, 2.24) is 10.2 Å². The van der Waals surface area contributed by atoms with Crippen molar-refractivity contribution < 1.29 is 13.9 Å². The molecule has 0 unspecified atom stereocenters. The maximum atomic E-state index is 6.39. The number of benzene rings is 2. The van der Waals surface area contributed by atoms with Gasteiger partial charge in [0.25, 0.3) is 0 Å². The molecular formula is C17H15BrClN3O3. The summed E-state index contributed by atoms with van der Waals surface area (Å²) in [5, 5.41) is 7.89. The molecule has 0 aliphatic heterocycles. The molecule has 0 fully saturated rings. The van der Waals surface area contributed by atoms with Gasteiger partial charge in [-0.1, -0.05) is 44.8 Å². The molecule has 3 rings (SSSR count). The van der Waals surface area contributed by atoms with E-state index in [1.807, 2.05) is 31.2 Å². The van der Waals surface area contributed by atoms with Gasteiger partial charge in [-0.05, 0) is 36.8 Å². The van der Waals surface area contributed by atoms with E-state index < -0.39 is 0 Å². The summed E-state index contributed by atoms with van der Waals surface area (Å²) in [6, 6.07) is 11.2. The lowest BCUT2D eigenvalue weighted by atomic mass is 10.2. The molecule has 2 aromatic carbocycles. The number of rotatable bonds is 6. The van der Waals surface area contributed by atoms with E-state index in [1.165, 1.54) is 0 Å². The predicted octanol–water partition coefficient (Wildman–Crippen LogP) is 4.71. The second kappa shape index (κ2) is 7.76. The highest BCUT2D eigenvalue weighted by Gasteiger charge is 2.16. The molecule has 0 amide bonds. The van der Waals surface area contributed by atoms with Crippen molar-refractivity contribution in [2.75, 3.05) is 12.3 Å². The number of aromatic nitrogens is 2. The Hall–Kier alpha value is -2.25. The Labute approximate surface area is 158 Å². The van der Waals surface area contributed by atoms with Crippen LogP contribution in [0.25, 0.3) is 11.5 Å². The van der Waals surface area contributed by atoms with E-state index in [-0.39, 0.29) is 11.9 Å². The predicted molar refractivity (Wildman–Crippen MR) is 98.8 cm³/mol. The van der Waals surface area contributed by atoms with Crippen molar-refractivity contribution in [3.05, 3.63) is 51.5 Å². The molecule has 0 aliphatic rings. The standard InChI is InChI=1S/C17H15BrClN3O3/c1-2-23-14-8-11(16-21-22-17(20)25-16)7-13(19)15(14)24-9-10-4-3-5-12(18)6-10/h3-8H,2,9H2,1H3,(H2,20,22). The number of nitrogens with zero attached hydrogens (tertiary/aromatic N) is 2. The lowest BCUT2D eigenvalue weighted by molar-refractivity contribution is 0.269. The van der Waals surface area contributed by atoms with Gasteiger partial charge < -0.3 is 19.6 Å². The van der Waals surface area contributed by atoms with Gasteiger partial charge in [0.2, 0.25) is 5.89 Å². The summed E-state index contributed by atoms with van der Waals surface area (Å²) in [4.78, 5) is 0. The minimum Gasteiger partial charge on any atom is -0.490 e. The third-order valence-corrected chi connectivity index (χ3v) is 4.04. The molecule has 0 spiro atoms. The molecule has 3 aromatic rings. The maximum Gasteiger partial charge on any atom is 0.313 e. The average Bonchev–Trinajstić information content (AvgIpc) is 3.01. The summed E-state index contributed by atoms with van der Waals surface area (Å²) in [6.45, 7) is 2.69. The summed E-state index contributed by atoms with van der Waals surface area (Å²) in [7, 11) is 0. The van der Waals surface area contributed by atoms with E-state index in [2.05, 4.69) is 26.1 Å². The molecule has 25 heavy (non-hydrogen) atoms. The van der Waals surface area contributed by atoms with Crippen molar-refractivity contribution in [3.8, 4) is 23.0 Å². The lowest BCUT2D eigenvalue weighted by Gasteiger charge is -2.14. The van der Waals surface area contributed by atoms with Gasteiger partial charge in [0.15, 0.2) is 11.5 Å². The summed E-state index contributed by atoms with van der Waals surface area (Å²) in [6.07, 6.45) is 0. The van der Waals surface area contributed by atoms with Crippen LogP contribution in [0.5, 0.6) is 11.5 Å². The Balaban J connectivity index is 1.89. The van der Waals surface area contributed by atoms with Gasteiger partial charge in [-0.25, -0.2) is 0 Å². The fraction of sp³-hybridized carbons (Fsp3) is 0.176. The van der Waals surface area contributed by atoms with E-state index in [9.17, 15) is 0 Å². The SMILES string of the molecule is CCOc1cc(-c2nnc(N)o2)cc(Cl)c1OCc1cccc(Br)c1. The van der Waals surface area contributed by atoms with Crippen LogP contribution in [0.1, 0.15) is 12.5 Å². The molecular weight excluding hydrogens is 410 g/mol. The highest BCUT2D eigenvalue weighted by molar-refractivity contribution is 9.10.